The van der Waals surface area contributed by atoms with Gasteiger partial charge in [0.1, 0.15) is 0 Å². The minimum Gasteiger partial charge on any atom is -0.255 e. The molecule has 0 spiro atoms. The van der Waals surface area contributed by atoms with Crippen LogP contribution in [0.15, 0.2) is 24.4 Å². The number of hydrogen-bond acceptors (Lipinski definition) is 1. The Balaban J connectivity index is 2.94. The van der Waals surface area contributed by atoms with E-state index in [1.807, 2.05) is 19.1 Å². The summed E-state index contributed by atoms with van der Waals surface area (Å²) < 4.78 is 0. The van der Waals surface area contributed by atoms with Crippen LogP contribution in [0.1, 0.15) is 5.56 Å². The van der Waals surface area contributed by atoms with Crippen molar-refractivity contribution in [2.45, 2.75) is 6.92 Å². The lowest BCUT2D eigenvalue weighted by molar-refractivity contribution is 1.39. The average molecular weight is 212 g/mol. The number of pyridine rings is 1. The third-order valence-electron chi connectivity index (χ3n) is 1.99. The van der Waals surface area contributed by atoms with Gasteiger partial charge in [-0.15, -0.1) is 0 Å². The predicted octanol–water partition coefficient (Wildman–Crippen LogP) is 3.85. The quantitative estimate of drug-likeness (QED) is 0.646. The van der Waals surface area contributed by atoms with Crippen LogP contribution >= 0.6 is 23.2 Å². The molecule has 1 nitrogen and oxygen atoms in total. The number of aryl methyl sites for hydroxylation is 1. The van der Waals surface area contributed by atoms with Crippen LogP contribution in [-0.2, 0) is 0 Å². The van der Waals surface area contributed by atoms with Crippen molar-refractivity contribution in [2.75, 3.05) is 0 Å². The first-order valence-corrected chi connectivity index (χ1v) is 4.65. The second kappa shape index (κ2) is 3.17. The van der Waals surface area contributed by atoms with E-state index in [1.54, 1.807) is 12.3 Å². The summed E-state index contributed by atoms with van der Waals surface area (Å²) in [6.45, 7) is 1.95. The van der Waals surface area contributed by atoms with Gasteiger partial charge >= 0.3 is 0 Å². The highest BCUT2D eigenvalue weighted by atomic mass is 35.5. The molecule has 66 valence electrons. The second-order valence-electron chi connectivity index (χ2n) is 2.89. The predicted molar refractivity (Wildman–Crippen MR) is 56.5 cm³/mol. The maximum absolute atomic E-state index is 6.08. The van der Waals surface area contributed by atoms with Gasteiger partial charge in [-0.05, 0) is 18.6 Å². The Kier molecular flexibility index (Phi) is 2.14. The second-order valence-corrected chi connectivity index (χ2v) is 3.67. The van der Waals surface area contributed by atoms with Crippen LogP contribution in [0.4, 0.5) is 0 Å². The van der Waals surface area contributed by atoms with E-state index in [1.165, 1.54) is 0 Å². The van der Waals surface area contributed by atoms with E-state index in [-0.39, 0.29) is 0 Å². The van der Waals surface area contributed by atoms with E-state index < -0.39 is 0 Å². The zero-order chi connectivity index (χ0) is 9.42. The topological polar surface area (TPSA) is 12.9 Å². The van der Waals surface area contributed by atoms with Crippen LogP contribution < -0.4 is 0 Å². The fraction of sp³-hybridized carbons (Fsp3) is 0.100. The van der Waals surface area contributed by atoms with Gasteiger partial charge in [-0.3, -0.25) is 4.98 Å². The number of benzene rings is 1. The van der Waals surface area contributed by atoms with E-state index in [9.17, 15) is 0 Å². The zero-order valence-electron chi connectivity index (χ0n) is 7.01. The monoisotopic (exact) mass is 211 g/mol. The molecule has 0 aliphatic rings. The molecule has 0 atom stereocenters. The lowest BCUT2D eigenvalue weighted by Crippen LogP contribution is -1.83. The Bertz CT molecular complexity index is 466. The molecule has 1 heterocycles. The molecule has 3 heteroatoms. The highest BCUT2D eigenvalue weighted by molar-refractivity contribution is 6.39. The van der Waals surface area contributed by atoms with Crippen molar-refractivity contribution < 1.29 is 0 Å². The Hall–Kier alpha value is -0.790. The molecular weight excluding hydrogens is 205 g/mol. The van der Waals surface area contributed by atoms with E-state index >= 15 is 0 Å². The molecule has 0 fully saturated rings. The molecule has 0 N–H and O–H groups in total. The number of aromatic nitrogens is 1. The molecule has 1 aromatic heterocycles. The molecule has 13 heavy (non-hydrogen) atoms. The van der Waals surface area contributed by atoms with Crippen molar-refractivity contribution in [3.05, 3.63) is 40.0 Å². The molecule has 0 saturated heterocycles. The fourth-order valence-electron chi connectivity index (χ4n) is 1.25. The van der Waals surface area contributed by atoms with Crippen molar-refractivity contribution in [2.24, 2.45) is 0 Å². The number of rotatable bonds is 0. The highest BCUT2D eigenvalue weighted by Crippen LogP contribution is 2.29. The third kappa shape index (κ3) is 1.38. The molecule has 2 aromatic rings. The standard InChI is InChI=1S/C10H7Cl2N/c1-6-2-3-7-8(11)4-5-13-10(7)9(6)12/h2-5H,1H3. The highest BCUT2D eigenvalue weighted by Gasteiger charge is 2.05. The van der Waals surface area contributed by atoms with E-state index in [0.29, 0.717) is 10.0 Å². The van der Waals surface area contributed by atoms with Gasteiger partial charge in [0.15, 0.2) is 0 Å². The summed E-state index contributed by atoms with van der Waals surface area (Å²) in [4.78, 5) is 4.19. The molecule has 1 aromatic carbocycles. The minimum absolute atomic E-state index is 0.681. The molecule has 0 bridgehead atoms. The van der Waals surface area contributed by atoms with Gasteiger partial charge in [-0.25, -0.2) is 0 Å². The summed E-state index contributed by atoms with van der Waals surface area (Å²) in [7, 11) is 0. The van der Waals surface area contributed by atoms with Crippen molar-refractivity contribution in [3.8, 4) is 0 Å². The van der Waals surface area contributed by atoms with Gasteiger partial charge in [0.05, 0.1) is 15.6 Å². The maximum Gasteiger partial charge on any atom is 0.0905 e. The molecule has 0 aliphatic carbocycles. The molecule has 0 radical (unpaired) electrons. The smallest absolute Gasteiger partial charge is 0.0905 e. The number of halogens is 2. The van der Waals surface area contributed by atoms with Crippen molar-refractivity contribution in [1.82, 2.24) is 4.98 Å². The first kappa shape index (κ1) is 8.79. The largest absolute Gasteiger partial charge is 0.255 e. The van der Waals surface area contributed by atoms with Crippen LogP contribution in [0, 0.1) is 6.92 Å². The van der Waals surface area contributed by atoms with Crippen LogP contribution in [0.25, 0.3) is 10.9 Å². The van der Waals surface area contributed by atoms with E-state index in [0.717, 1.165) is 16.5 Å². The van der Waals surface area contributed by atoms with Gasteiger partial charge in [0, 0.05) is 11.6 Å². The van der Waals surface area contributed by atoms with Crippen molar-refractivity contribution in [1.29, 1.82) is 0 Å². The summed E-state index contributed by atoms with van der Waals surface area (Å²) >= 11 is 12.1. The summed E-state index contributed by atoms with van der Waals surface area (Å²) in [6.07, 6.45) is 1.66. The Morgan fingerprint density at radius 2 is 1.92 bits per heavy atom. The van der Waals surface area contributed by atoms with Gasteiger partial charge < -0.3 is 0 Å². The summed E-state index contributed by atoms with van der Waals surface area (Å²) in [5.41, 5.74) is 1.79. The Labute approximate surface area is 86.3 Å². The molecule has 0 unspecified atom stereocenters. The molecule has 2 rings (SSSR count). The third-order valence-corrected chi connectivity index (χ3v) is 2.80. The molecular formula is C10H7Cl2N. The van der Waals surface area contributed by atoms with Crippen LogP contribution in [0.2, 0.25) is 10.0 Å². The zero-order valence-corrected chi connectivity index (χ0v) is 8.52. The van der Waals surface area contributed by atoms with Gasteiger partial charge in [-0.2, -0.15) is 0 Å². The average Bonchev–Trinajstić information content (AvgIpc) is 2.12. The van der Waals surface area contributed by atoms with E-state index in [4.69, 9.17) is 23.2 Å². The Morgan fingerprint density at radius 3 is 2.69 bits per heavy atom. The summed E-state index contributed by atoms with van der Waals surface area (Å²) in [5.74, 6) is 0. The molecule has 0 saturated carbocycles. The normalized spacial score (nSPS) is 10.7. The summed E-state index contributed by atoms with van der Waals surface area (Å²) in [5, 5.41) is 2.27. The SMILES string of the molecule is Cc1ccc2c(Cl)ccnc2c1Cl. The fourth-order valence-corrected chi connectivity index (χ4v) is 1.67. The maximum atomic E-state index is 6.08. The van der Waals surface area contributed by atoms with Gasteiger partial charge in [0.25, 0.3) is 0 Å². The van der Waals surface area contributed by atoms with Crippen LogP contribution in [0.5, 0.6) is 0 Å². The summed E-state index contributed by atoms with van der Waals surface area (Å²) in [6, 6.07) is 5.64. The van der Waals surface area contributed by atoms with Crippen LogP contribution in [-0.4, -0.2) is 4.98 Å². The number of hydrogen-bond donors (Lipinski definition) is 0. The lowest BCUT2D eigenvalue weighted by Gasteiger charge is -2.03. The number of nitrogens with zero attached hydrogens (tertiary/aromatic N) is 1. The lowest BCUT2D eigenvalue weighted by atomic mass is 10.1. The van der Waals surface area contributed by atoms with Gasteiger partial charge in [-0.1, -0.05) is 35.3 Å². The van der Waals surface area contributed by atoms with Crippen molar-refractivity contribution in [3.63, 3.8) is 0 Å². The first-order valence-electron chi connectivity index (χ1n) is 3.89. The van der Waals surface area contributed by atoms with Crippen molar-refractivity contribution >= 4 is 34.1 Å². The number of fused-ring (bicyclic) bond motifs is 1. The van der Waals surface area contributed by atoms with Crippen LogP contribution in [0.3, 0.4) is 0 Å². The van der Waals surface area contributed by atoms with E-state index in [2.05, 4.69) is 4.98 Å². The Morgan fingerprint density at radius 1 is 1.15 bits per heavy atom. The van der Waals surface area contributed by atoms with Gasteiger partial charge in [0.2, 0.25) is 0 Å². The molecule has 0 amide bonds. The first-order chi connectivity index (χ1) is 6.20. The minimum atomic E-state index is 0.681. The molecule has 0 aliphatic heterocycles.